The zero-order chi connectivity index (χ0) is 12.6. The van der Waals surface area contributed by atoms with Crippen molar-refractivity contribution in [1.82, 2.24) is 10.3 Å². The van der Waals surface area contributed by atoms with E-state index < -0.39 is 11.6 Å². The summed E-state index contributed by atoms with van der Waals surface area (Å²) in [6.45, 7) is 3.64. The second-order valence-corrected chi connectivity index (χ2v) is 4.14. The first-order chi connectivity index (χ1) is 7.99. The van der Waals surface area contributed by atoms with Gasteiger partial charge in [0.15, 0.2) is 11.6 Å². The van der Waals surface area contributed by atoms with Gasteiger partial charge in [0.05, 0.1) is 5.52 Å². The molecule has 1 amide bonds. The standard InChI is InChI=1S/C12H12F2N2O/c1-6(2)15-12(17)9-5-7-3-4-8(13)10(14)11(7)16-9/h3-6,16H,1-2H3,(H,15,17). The number of carbonyl (C=O) groups excluding carboxylic acids is 1. The summed E-state index contributed by atoms with van der Waals surface area (Å²) in [5.74, 6) is -2.24. The summed E-state index contributed by atoms with van der Waals surface area (Å²) in [6.07, 6.45) is 0. The van der Waals surface area contributed by atoms with Crippen LogP contribution < -0.4 is 5.32 Å². The third kappa shape index (κ3) is 2.13. The van der Waals surface area contributed by atoms with Gasteiger partial charge in [0.2, 0.25) is 0 Å². The molecule has 3 nitrogen and oxygen atoms in total. The highest BCUT2D eigenvalue weighted by atomic mass is 19.2. The Morgan fingerprint density at radius 2 is 2.06 bits per heavy atom. The Morgan fingerprint density at radius 1 is 1.35 bits per heavy atom. The van der Waals surface area contributed by atoms with Crippen molar-refractivity contribution in [2.45, 2.75) is 19.9 Å². The average Bonchev–Trinajstić information content (AvgIpc) is 2.67. The van der Waals surface area contributed by atoms with E-state index >= 15 is 0 Å². The molecule has 0 spiro atoms. The molecular weight excluding hydrogens is 226 g/mol. The number of nitrogens with one attached hydrogen (secondary N) is 2. The van der Waals surface area contributed by atoms with E-state index in [1.807, 2.05) is 13.8 Å². The van der Waals surface area contributed by atoms with E-state index in [-0.39, 0.29) is 23.2 Å². The number of hydrogen-bond donors (Lipinski definition) is 2. The van der Waals surface area contributed by atoms with Gasteiger partial charge in [0.1, 0.15) is 5.69 Å². The first-order valence-electron chi connectivity index (χ1n) is 5.26. The number of benzene rings is 1. The van der Waals surface area contributed by atoms with E-state index in [0.717, 1.165) is 6.07 Å². The molecule has 0 atom stereocenters. The lowest BCUT2D eigenvalue weighted by molar-refractivity contribution is 0.0939. The number of amides is 1. The molecule has 0 aliphatic rings. The molecule has 0 saturated heterocycles. The van der Waals surface area contributed by atoms with Crippen LogP contribution in [0.2, 0.25) is 0 Å². The van der Waals surface area contributed by atoms with Gasteiger partial charge < -0.3 is 10.3 Å². The van der Waals surface area contributed by atoms with Crippen molar-refractivity contribution in [1.29, 1.82) is 0 Å². The van der Waals surface area contributed by atoms with Gasteiger partial charge in [0, 0.05) is 11.4 Å². The smallest absolute Gasteiger partial charge is 0.267 e. The Morgan fingerprint density at radius 3 is 2.71 bits per heavy atom. The highest BCUT2D eigenvalue weighted by Gasteiger charge is 2.14. The van der Waals surface area contributed by atoms with Gasteiger partial charge in [-0.3, -0.25) is 4.79 Å². The molecule has 0 bridgehead atoms. The lowest BCUT2D eigenvalue weighted by Crippen LogP contribution is -2.30. The van der Waals surface area contributed by atoms with Crippen molar-refractivity contribution in [2.24, 2.45) is 0 Å². The number of halogens is 2. The fourth-order valence-corrected chi connectivity index (χ4v) is 1.60. The molecule has 5 heteroatoms. The molecule has 0 fully saturated rings. The van der Waals surface area contributed by atoms with Crippen LogP contribution in [0.4, 0.5) is 8.78 Å². The molecule has 0 radical (unpaired) electrons. The van der Waals surface area contributed by atoms with Gasteiger partial charge in [-0.15, -0.1) is 0 Å². The van der Waals surface area contributed by atoms with E-state index in [4.69, 9.17) is 0 Å². The largest absolute Gasteiger partial charge is 0.349 e. The number of aromatic nitrogens is 1. The number of carbonyl (C=O) groups is 1. The Kier molecular flexibility index (Phi) is 2.83. The first kappa shape index (κ1) is 11.6. The Hall–Kier alpha value is -1.91. The second-order valence-electron chi connectivity index (χ2n) is 4.14. The normalized spacial score (nSPS) is 11.1. The fraction of sp³-hybridized carbons (Fsp3) is 0.250. The van der Waals surface area contributed by atoms with Crippen LogP contribution in [0.5, 0.6) is 0 Å². The molecule has 0 unspecified atom stereocenters. The van der Waals surface area contributed by atoms with Gasteiger partial charge in [-0.2, -0.15) is 0 Å². The summed E-state index contributed by atoms with van der Waals surface area (Å²) in [7, 11) is 0. The van der Waals surface area contributed by atoms with Crippen molar-refractivity contribution in [3.63, 3.8) is 0 Å². The average molecular weight is 238 g/mol. The van der Waals surface area contributed by atoms with Crippen LogP contribution in [0.25, 0.3) is 10.9 Å². The zero-order valence-electron chi connectivity index (χ0n) is 9.47. The summed E-state index contributed by atoms with van der Waals surface area (Å²) in [5, 5.41) is 3.14. The second kappa shape index (κ2) is 4.16. The monoisotopic (exact) mass is 238 g/mol. The lowest BCUT2D eigenvalue weighted by atomic mass is 10.2. The molecule has 1 aromatic heterocycles. The van der Waals surface area contributed by atoms with Crippen molar-refractivity contribution in [3.8, 4) is 0 Å². The van der Waals surface area contributed by atoms with E-state index in [2.05, 4.69) is 10.3 Å². The van der Waals surface area contributed by atoms with E-state index in [1.165, 1.54) is 12.1 Å². The molecular formula is C12H12F2N2O. The Bertz CT molecular complexity index is 575. The molecule has 0 aliphatic heterocycles. The summed E-state index contributed by atoms with van der Waals surface area (Å²) in [6, 6.07) is 3.94. The minimum atomic E-state index is -0.967. The van der Waals surface area contributed by atoms with Gasteiger partial charge in [-0.25, -0.2) is 8.78 Å². The highest BCUT2D eigenvalue weighted by Crippen LogP contribution is 2.20. The number of aromatic amines is 1. The van der Waals surface area contributed by atoms with Gasteiger partial charge >= 0.3 is 0 Å². The van der Waals surface area contributed by atoms with Crippen LogP contribution in [-0.4, -0.2) is 16.9 Å². The molecule has 90 valence electrons. The molecule has 1 heterocycles. The number of hydrogen-bond acceptors (Lipinski definition) is 1. The van der Waals surface area contributed by atoms with Crippen molar-refractivity contribution < 1.29 is 13.6 Å². The summed E-state index contributed by atoms with van der Waals surface area (Å²) >= 11 is 0. The molecule has 2 rings (SSSR count). The Labute approximate surface area is 96.8 Å². The topological polar surface area (TPSA) is 44.9 Å². The first-order valence-corrected chi connectivity index (χ1v) is 5.26. The van der Waals surface area contributed by atoms with Gasteiger partial charge in [-0.05, 0) is 32.0 Å². The van der Waals surface area contributed by atoms with Crippen LogP contribution in [0, 0.1) is 11.6 Å². The third-order valence-electron chi connectivity index (χ3n) is 2.35. The van der Waals surface area contributed by atoms with Gasteiger partial charge in [0.25, 0.3) is 5.91 Å². The van der Waals surface area contributed by atoms with Crippen LogP contribution in [0.1, 0.15) is 24.3 Å². The van der Waals surface area contributed by atoms with Crippen LogP contribution >= 0.6 is 0 Å². The summed E-state index contributed by atoms with van der Waals surface area (Å²) < 4.78 is 26.4. The van der Waals surface area contributed by atoms with Crippen LogP contribution in [0.15, 0.2) is 18.2 Å². The molecule has 1 aromatic carbocycles. The third-order valence-corrected chi connectivity index (χ3v) is 2.35. The fourth-order valence-electron chi connectivity index (χ4n) is 1.60. The maximum Gasteiger partial charge on any atom is 0.267 e. The Balaban J connectivity index is 2.45. The molecule has 17 heavy (non-hydrogen) atoms. The van der Waals surface area contributed by atoms with E-state index in [9.17, 15) is 13.6 Å². The minimum absolute atomic E-state index is 0.0129. The van der Waals surface area contributed by atoms with Crippen LogP contribution in [0.3, 0.4) is 0 Å². The predicted octanol–water partition coefficient (Wildman–Crippen LogP) is 2.58. The lowest BCUT2D eigenvalue weighted by Gasteiger charge is -2.05. The SMILES string of the molecule is CC(C)NC(=O)c1cc2ccc(F)c(F)c2[nH]1. The van der Waals surface area contributed by atoms with Gasteiger partial charge in [-0.1, -0.05) is 0 Å². The maximum absolute atomic E-state index is 13.4. The minimum Gasteiger partial charge on any atom is -0.349 e. The predicted molar refractivity (Wildman–Crippen MR) is 60.8 cm³/mol. The zero-order valence-corrected chi connectivity index (χ0v) is 9.47. The number of fused-ring (bicyclic) bond motifs is 1. The van der Waals surface area contributed by atoms with E-state index in [0.29, 0.717) is 5.39 Å². The highest BCUT2D eigenvalue weighted by molar-refractivity contribution is 5.98. The van der Waals surface area contributed by atoms with Crippen molar-refractivity contribution in [2.75, 3.05) is 0 Å². The quantitative estimate of drug-likeness (QED) is 0.829. The number of rotatable bonds is 2. The molecule has 2 N–H and O–H groups in total. The molecule has 0 aliphatic carbocycles. The van der Waals surface area contributed by atoms with Crippen LogP contribution in [-0.2, 0) is 0 Å². The van der Waals surface area contributed by atoms with Crippen molar-refractivity contribution in [3.05, 3.63) is 35.5 Å². The number of H-pyrrole nitrogens is 1. The van der Waals surface area contributed by atoms with E-state index in [1.54, 1.807) is 0 Å². The summed E-state index contributed by atoms with van der Waals surface area (Å²) in [4.78, 5) is 14.2. The maximum atomic E-state index is 13.4. The molecule has 2 aromatic rings. The summed E-state index contributed by atoms with van der Waals surface area (Å²) in [5.41, 5.74) is 0.233. The van der Waals surface area contributed by atoms with Crippen molar-refractivity contribution >= 4 is 16.8 Å². The molecule has 0 saturated carbocycles.